The molecule has 0 amide bonds. The van der Waals surface area contributed by atoms with Crippen LogP contribution in [-0.4, -0.2) is 115 Å². The average Bonchev–Trinajstić information content (AvgIpc) is 2.97. The van der Waals surface area contributed by atoms with Crippen molar-refractivity contribution in [1.82, 2.24) is 0 Å². The lowest BCUT2D eigenvalue weighted by molar-refractivity contribution is -0.941. The minimum absolute atomic E-state index is 0.741. The number of quaternary nitrogens is 1. The molecule has 0 atom stereocenters. The van der Waals surface area contributed by atoms with Gasteiger partial charge in [0.25, 0.3) is 0 Å². The molecule has 1 aromatic carbocycles. The minimum Gasteiger partial charge on any atom is -0.377 e. The monoisotopic (exact) mass is 594 g/mol. The van der Waals surface area contributed by atoms with Crippen LogP contribution < -0.4 is 0 Å². The lowest BCUT2D eigenvalue weighted by Gasteiger charge is -2.41. The summed E-state index contributed by atoms with van der Waals surface area (Å²) in [7, 11) is 6.95. The fourth-order valence-electron chi connectivity index (χ4n) is 5.10. The summed E-state index contributed by atoms with van der Waals surface area (Å²) in [5, 5.41) is 0. The second-order valence-corrected chi connectivity index (χ2v) is 18.6. The predicted octanol–water partition coefficient (Wildman–Crippen LogP) is 3.81. The summed E-state index contributed by atoms with van der Waals surface area (Å²) in [6.45, 7) is 3.69. The molecule has 0 aromatic heterocycles. The van der Waals surface area contributed by atoms with E-state index in [1.807, 2.05) is 0 Å². The van der Waals surface area contributed by atoms with Crippen molar-refractivity contribution in [1.29, 1.82) is 0 Å². The van der Waals surface area contributed by atoms with E-state index in [9.17, 15) is 0 Å². The van der Waals surface area contributed by atoms with Crippen LogP contribution in [0.2, 0.25) is 18.1 Å². The summed E-state index contributed by atoms with van der Waals surface area (Å²) in [4.78, 5) is 0. The van der Waals surface area contributed by atoms with Crippen molar-refractivity contribution in [3.63, 3.8) is 0 Å². The summed E-state index contributed by atoms with van der Waals surface area (Å²) in [6.07, 6.45) is 2.70. The molecule has 0 unspecified atom stereocenters. The maximum absolute atomic E-state index is 5.71. The van der Waals surface area contributed by atoms with E-state index in [1.54, 1.807) is 64.0 Å². The zero-order valence-electron chi connectivity index (χ0n) is 25.1. The maximum Gasteiger partial charge on any atom is 0.500 e. The quantitative estimate of drug-likeness (QED) is 0.139. The first-order valence-electron chi connectivity index (χ1n) is 13.1. The highest BCUT2D eigenvalue weighted by atomic mass is 28.4. The van der Waals surface area contributed by atoms with Crippen LogP contribution in [0.25, 0.3) is 0 Å². The largest absolute Gasteiger partial charge is 0.500 e. The fourth-order valence-corrected chi connectivity index (χ4v) is 10.2. The van der Waals surface area contributed by atoms with Gasteiger partial charge in [0.15, 0.2) is 0 Å². The van der Waals surface area contributed by atoms with Crippen LogP contribution in [0.15, 0.2) is 30.3 Å². The van der Waals surface area contributed by atoms with Gasteiger partial charge < -0.3 is 44.3 Å². The SMILES string of the molecule is CO[Si](CCC[N+](CCC[Si](OC)(OC)OC)(CCC[Si](OC)(OC)OC)Cc1ccccc1)(OC)OC. The Morgan fingerprint density at radius 3 is 1.03 bits per heavy atom. The molecule has 0 fully saturated rings. The summed E-state index contributed by atoms with van der Waals surface area (Å²) in [6, 6.07) is 12.9. The van der Waals surface area contributed by atoms with E-state index in [0.717, 1.165) is 68.1 Å². The third kappa shape index (κ3) is 10.5. The van der Waals surface area contributed by atoms with Gasteiger partial charge in [-0.3, -0.25) is 0 Å². The molecule has 0 aliphatic carbocycles. The highest BCUT2D eigenvalue weighted by Crippen LogP contribution is 2.26. The van der Waals surface area contributed by atoms with Crippen LogP contribution >= 0.6 is 0 Å². The second kappa shape index (κ2) is 18.0. The number of hydrogen-bond donors (Lipinski definition) is 0. The molecular formula is C25H52NO9Si3+. The first kappa shape index (κ1) is 35.5. The second-order valence-electron chi connectivity index (χ2n) is 9.35. The third-order valence-electron chi connectivity index (χ3n) is 7.51. The molecule has 0 saturated heterocycles. The standard InChI is InChI=1S/C25H52NO9Si3/c1-27-36(28-2,29-3)21-13-18-26(24-25-16-11-10-12-17-25,19-14-22-37(30-4,31-5)32-6)20-15-23-38(33-7,34-8)35-9/h10-12,16-17H,13-15,18-24H2,1-9H3/q+1. The normalized spacial score (nSPS) is 13.3. The van der Waals surface area contributed by atoms with Gasteiger partial charge in [-0.1, -0.05) is 30.3 Å². The van der Waals surface area contributed by atoms with E-state index < -0.39 is 26.4 Å². The fraction of sp³-hybridized carbons (Fsp3) is 0.760. The average molecular weight is 595 g/mol. The van der Waals surface area contributed by atoms with Crippen molar-refractivity contribution in [2.75, 3.05) is 83.6 Å². The van der Waals surface area contributed by atoms with Crippen LogP contribution in [0.4, 0.5) is 0 Å². The highest BCUT2D eigenvalue weighted by molar-refractivity contribution is 6.61. The zero-order chi connectivity index (χ0) is 28.5. The lowest BCUT2D eigenvalue weighted by atomic mass is 10.1. The van der Waals surface area contributed by atoms with E-state index >= 15 is 0 Å². The van der Waals surface area contributed by atoms with Gasteiger partial charge in [-0.05, 0) is 0 Å². The van der Waals surface area contributed by atoms with E-state index in [2.05, 4.69) is 30.3 Å². The van der Waals surface area contributed by atoms with Gasteiger partial charge in [-0.2, -0.15) is 0 Å². The van der Waals surface area contributed by atoms with Crippen molar-refractivity contribution in [3.05, 3.63) is 35.9 Å². The van der Waals surface area contributed by atoms with Crippen LogP contribution in [0, 0.1) is 0 Å². The molecule has 222 valence electrons. The van der Waals surface area contributed by atoms with E-state index in [0.29, 0.717) is 0 Å². The summed E-state index contributed by atoms with van der Waals surface area (Å²) < 4.78 is 52.2. The van der Waals surface area contributed by atoms with Crippen molar-refractivity contribution < 1.29 is 44.3 Å². The van der Waals surface area contributed by atoms with Gasteiger partial charge in [-0.25, -0.2) is 0 Å². The van der Waals surface area contributed by atoms with Crippen molar-refractivity contribution in [2.45, 2.75) is 43.9 Å². The Labute approximate surface area is 234 Å². The molecule has 1 aromatic rings. The van der Waals surface area contributed by atoms with Crippen molar-refractivity contribution in [2.24, 2.45) is 0 Å². The molecular weight excluding hydrogens is 543 g/mol. The minimum atomic E-state index is -2.68. The predicted molar refractivity (Wildman–Crippen MR) is 154 cm³/mol. The van der Waals surface area contributed by atoms with Crippen LogP contribution in [0.3, 0.4) is 0 Å². The van der Waals surface area contributed by atoms with Crippen LogP contribution in [-0.2, 0) is 46.4 Å². The Bertz CT molecular complexity index is 647. The van der Waals surface area contributed by atoms with Crippen LogP contribution in [0.1, 0.15) is 24.8 Å². The van der Waals surface area contributed by atoms with Crippen molar-refractivity contribution in [3.8, 4) is 0 Å². The molecule has 1 rings (SSSR count). The topological polar surface area (TPSA) is 83.1 Å². The van der Waals surface area contributed by atoms with E-state index in [4.69, 9.17) is 39.8 Å². The highest BCUT2D eigenvalue weighted by Gasteiger charge is 2.42. The molecule has 0 heterocycles. The number of rotatable bonds is 23. The number of benzene rings is 1. The lowest BCUT2D eigenvalue weighted by Crippen LogP contribution is -2.52. The molecule has 0 aliphatic rings. The Kier molecular flexibility index (Phi) is 16.8. The first-order valence-corrected chi connectivity index (χ1v) is 18.9. The summed E-state index contributed by atoms with van der Waals surface area (Å²) in [5.74, 6) is 0. The Hall–Kier alpha value is -0.529. The molecule has 0 spiro atoms. The van der Waals surface area contributed by atoms with Gasteiger partial charge in [0.2, 0.25) is 0 Å². The van der Waals surface area contributed by atoms with Gasteiger partial charge in [-0.15, -0.1) is 0 Å². The van der Waals surface area contributed by atoms with E-state index in [-0.39, 0.29) is 0 Å². The molecule has 38 heavy (non-hydrogen) atoms. The molecule has 0 aliphatic heterocycles. The van der Waals surface area contributed by atoms with Crippen molar-refractivity contribution >= 4 is 26.4 Å². The molecule has 0 N–H and O–H groups in total. The Balaban J connectivity index is 3.25. The molecule has 10 nitrogen and oxygen atoms in total. The first-order chi connectivity index (χ1) is 18.2. The molecule has 13 heteroatoms. The molecule has 0 saturated carbocycles. The number of nitrogens with zero attached hydrogens (tertiary/aromatic N) is 1. The molecule has 0 bridgehead atoms. The molecule has 0 radical (unpaired) electrons. The summed E-state index contributed by atoms with van der Waals surface area (Å²) >= 11 is 0. The Morgan fingerprint density at radius 2 is 0.763 bits per heavy atom. The number of hydrogen-bond acceptors (Lipinski definition) is 9. The Morgan fingerprint density at radius 1 is 0.474 bits per heavy atom. The zero-order valence-corrected chi connectivity index (χ0v) is 28.1. The van der Waals surface area contributed by atoms with E-state index in [1.165, 1.54) is 5.56 Å². The van der Waals surface area contributed by atoms with Gasteiger partial charge in [0, 0.05) is 107 Å². The maximum atomic E-state index is 5.71. The summed E-state index contributed by atoms with van der Waals surface area (Å²) in [5.41, 5.74) is 1.30. The van der Waals surface area contributed by atoms with Crippen LogP contribution in [0.5, 0.6) is 0 Å². The third-order valence-corrected chi connectivity index (χ3v) is 16.0. The van der Waals surface area contributed by atoms with Gasteiger partial charge in [0.05, 0.1) is 19.6 Å². The smallest absolute Gasteiger partial charge is 0.377 e. The van der Waals surface area contributed by atoms with Gasteiger partial charge >= 0.3 is 26.4 Å². The van der Waals surface area contributed by atoms with Gasteiger partial charge in [0.1, 0.15) is 6.54 Å².